The molecule has 1 amide bonds. The van der Waals surface area contributed by atoms with Crippen LogP contribution < -0.4 is 16.1 Å². The van der Waals surface area contributed by atoms with Crippen molar-refractivity contribution in [1.29, 1.82) is 0 Å². The number of hydrogen-bond donors (Lipinski definition) is 4. The van der Waals surface area contributed by atoms with E-state index in [1.165, 1.54) is 0 Å². The van der Waals surface area contributed by atoms with Gasteiger partial charge in [0, 0.05) is 30.8 Å². The van der Waals surface area contributed by atoms with E-state index < -0.39 is 6.10 Å². The summed E-state index contributed by atoms with van der Waals surface area (Å²) >= 11 is 0. The van der Waals surface area contributed by atoms with Crippen LogP contribution in [0.5, 0.6) is 0 Å². The largest absolute Gasteiger partial charge is 0.381 e. The van der Waals surface area contributed by atoms with E-state index in [0.29, 0.717) is 23.6 Å². The molecule has 0 spiro atoms. The second kappa shape index (κ2) is 11.2. The third kappa shape index (κ3) is 7.31. The molecule has 0 aromatic carbocycles. The van der Waals surface area contributed by atoms with Gasteiger partial charge in [0.15, 0.2) is 11.9 Å². The minimum Gasteiger partial charge on any atom is -0.381 e. The predicted molar refractivity (Wildman–Crippen MR) is 113 cm³/mol. The summed E-state index contributed by atoms with van der Waals surface area (Å²) in [6, 6.07) is 1.91. The van der Waals surface area contributed by atoms with Gasteiger partial charge in [-0.3, -0.25) is 14.8 Å². The van der Waals surface area contributed by atoms with Gasteiger partial charge in [-0.15, -0.1) is 4.99 Å². The van der Waals surface area contributed by atoms with Crippen molar-refractivity contribution in [2.75, 3.05) is 18.6 Å². The number of rotatable bonds is 15. The van der Waals surface area contributed by atoms with E-state index in [1.807, 2.05) is 30.8 Å². The van der Waals surface area contributed by atoms with Crippen molar-refractivity contribution in [3.05, 3.63) is 12.3 Å². The van der Waals surface area contributed by atoms with Crippen molar-refractivity contribution in [2.24, 2.45) is 23.7 Å². The number of nitrogens with one attached hydrogen (secondary N) is 3. The summed E-state index contributed by atoms with van der Waals surface area (Å²) in [4.78, 5) is 23.9. The fourth-order valence-corrected chi connectivity index (χ4v) is 3.87. The molecule has 170 valence electrons. The molecule has 1 heterocycles. The first-order valence-electron chi connectivity index (χ1n) is 11.2. The van der Waals surface area contributed by atoms with E-state index in [1.54, 1.807) is 0 Å². The summed E-state index contributed by atoms with van der Waals surface area (Å²) < 4.78 is 1.84. The summed E-state index contributed by atoms with van der Waals surface area (Å²) in [6.45, 7) is 7.54. The molecular formula is C21H37N5O4. The van der Waals surface area contributed by atoms with Crippen LogP contribution in [-0.4, -0.2) is 46.2 Å². The van der Waals surface area contributed by atoms with Gasteiger partial charge in [-0.25, -0.2) is 4.89 Å². The Morgan fingerprint density at radius 1 is 1.27 bits per heavy atom. The number of aliphatic hydroxyl groups is 1. The number of anilines is 1. The highest BCUT2D eigenvalue weighted by atomic mass is 17.3. The Labute approximate surface area is 178 Å². The van der Waals surface area contributed by atoms with Crippen LogP contribution in [0.1, 0.15) is 52.9 Å². The summed E-state index contributed by atoms with van der Waals surface area (Å²) in [5.41, 5.74) is 2.77. The maximum atomic E-state index is 13.1. The third-order valence-corrected chi connectivity index (χ3v) is 5.69. The van der Waals surface area contributed by atoms with Crippen molar-refractivity contribution in [3.8, 4) is 0 Å². The summed E-state index contributed by atoms with van der Waals surface area (Å²) in [5.74, 6) is 2.00. The second-order valence-corrected chi connectivity index (χ2v) is 9.09. The molecule has 0 aliphatic heterocycles. The number of nitrogens with zero attached hydrogens (tertiary/aromatic N) is 2. The number of carbonyl (C=O) groups is 1. The number of aromatic nitrogens is 2. The molecule has 0 radical (unpaired) electrons. The van der Waals surface area contributed by atoms with Crippen molar-refractivity contribution in [1.82, 2.24) is 20.6 Å². The zero-order valence-electron chi connectivity index (χ0n) is 18.3. The molecule has 4 N–H and O–H groups in total. The standard InChI is InChI=1S/C21H37N5O4/c1-14(2)25-30-29-20(19(16-4-5-16)17-6-7-17)21(28)23-18-9-11-26(24-18)12-15(3)8-10-22-13-27/h9,11,14-17,19-20,22,25,27H,4-8,10,12-13H2,1-3H3,(H,23,24,28). The van der Waals surface area contributed by atoms with Crippen LogP contribution in [0, 0.1) is 23.7 Å². The highest BCUT2D eigenvalue weighted by molar-refractivity contribution is 5.93. The molecule has 9 nitrogen and oxygen atoms in total. The van der Waals surface area contributed by atoms with Crippen LogP contribution in [0.2, 0.25) is 0 Å². The van der Waals surface area contributed by atoms with Gasteiger partial charge in [-0.1, -0.05) is 6.92 Å². The molecule has 2 atom stereocenters. The molecule has 2 fully saturated rings. The van der Waals surface area contributed by atoms with Gasteiger partial charge in [-0.05, 0) is 70.3 Å². The maximum absolute atomic E-state index is 13.1. The van der Waals surface area contributed by atoms with Gasteiger partial charge in [-0.2, -0.15) is 10.6 Å². The van der Waals surface area contributed by atoms with E-state index in [9.17, 15) is 4.79 Å². The van der Waals surface area contributed by atoms with Crippen LogP contribution in [0.15, 0.2) is 12.3 Å². The Bertz CT molecular complexity index is 648. The van der Waals surface area contributed by atoms with Crippen molar-refractivity contribution < 1.29 is 19.8 Å². The second-order valence-electron chi connectivity index (χ2n) is 9.09. The fourth-order valence-electron chi connectivity index (χ4n) is 3.87. The molecule has 1 aromatic heterocycles. The minimum absolute atomic E-state index is 0.00693. The lowest BCUT2D eigenvalue weighted by molar-refractivity contribution is -0.367. The molecule has 30 heavy (non-hydrogen) atoms. The molecule has 9 heteroatoms. The van der Waals surface area contributed by atoms with Crippen LogP contribution >= 0.6 is 0 Å². The first-order valence-corrected chi connectivity index (χ1v) is 11.2. The monoisotopic (exact) mass is 423 g/mol. The van der Waals surface area contributed by atoms with Crippen LogP contribution in [0.4, 0.5) is 5.82 Å². The number of hydroxylamine groups is 1. The van der Waals surface area contributed by atoms with Crippen molar-refractivity contribution >= 4 is 11.7 Å². The number of carbonyl (C=O) groups excluding carboxylic acids is 1. The van der Waals surface area contributed by atoms with Crippen LogP contribution in [0.3, 0.4) is 0 Å². The molecular weight excluding hydrogens is 386 g/mol. The highest BCUT2D eigenvalue weighted by Crippen LogP contribution is 2.51. The zero-order valence-corrected chi connectivity index (χ0v) is 18.3. The fraction of sp³-hybridized carbons (Fsp3) is 0.810. The highest BCUT2D eigenvalue weighted by Gasteiger charge is 2.49. The van der Waals surface area contributed by atoms with Gasteiger partial charge >= 0.3 is 0 Å². The molecule has 1 aromatic rings. The smallest absolute Gasteiger partial charge is 0.258 e. The lowest BCUT2D eigenvalue weighted by atomic mass is 9.91. The third-order valence-electron chi connectivity index (χ3n) is 5.69. The Balaban J connectivity index is 1.56. The van der Waals surface area contributed by atoms with E-state index in [-0.39, 0.29) is 24.6 Å². The normalized spacial score (nSPS) is 18.7. The lowest BCUT2D eigenvalue weighted by Crippen LogP contribution is -2.41. The molecule has 2 aliphatic carbocycles. The van der Waals surface area contributed by atoms with E-state index in [4.69, 9.17) is 15.0 Å². The van der Waals surface area contributed by atoms with Gasteiger partial charge < -0.3 is 10.4 Å². The maximum Gasteiger partial charge on any atom is 0.258 e. The summed E-state index contributed by atoms with van der Waals surface area (Å²) in [5, 5.41) is 19.1. The van der Waals surface area contributed by atoms with Crippen molar-refractivity contribution in [2.45, 2.75) is 71.6 Å². The molecule has 2 unspecified atom stereocenters. The lowest BCUT2D eigenvalue weighted by Gasteiger charge is -2.25. The number of aliphatic hydroxyl groups excluding tert-OH is 1. The molecule has 3 rings (SSSR count). The van der Waals surface area contributed by atoms with E-state index >= 15 is 0 Å². The summed E-state index contributed by atoms with van der Waals surface area (Å²) in [7, 11) is 0. The number of hydrogen-bond acceptors (Lipinski definition) is 7. The average Bonchev–Trinajstić information content (AvgIpc) is 3.62. The quantitative estimate of drug-likeness (QED) is 0.148. The summed E-state index contributed by atoms with van der Waals surface area (Å²) in [6.07, 6.45) is 6.78. The topological polar surface area (TPSA) is 110 Å². The first kappa shape index (κ1) is 23.1. The van der Waals surface area contributed by atoms with Gasteiger partial charge in [0.1, 0.15) is 0 Å². The SMILES string of the molecule is CC(CCNCO)Cn1ccc(NC(=O)C(OONC(C)C)C(C2CC2)C2CC2)n1. The van der Waals surface area contributed by atoms with Crippen LogP contribution in [-0.2, 0) is 21.2 Å². The Kier molecular flexibility index (Phi) is 8.64. The Morgan fingerprint density at radius 2 is 1.97 bits per heavy atom. The molecule has 0 bridgehead atoms. The average molecular weight is 424 g/mol. The number of amides is 1. The zero-order chi connectivity index (χ0) is 21.5. The van der Waals surface area contributed by atoms with Gasteiger partial charge in [0.2, 0.25) is 0 Å². The predicted octanol–water partition coefficient (Wildman–Crippen LogP) is 2.05. The molecule has 0 saturated heterocycles. The van der Waals surface area contributed by atoms with Gasteiger partial charge in [0.25, 0.3) is 5.91 Å². The first-order chi connectivity index (χ1) is 14.5. The van der Waals surface area contributed by atoms with Crippen LogP contribution in [0.25, 0.3) is 0 Å². The van der Waals surface area contributed by atoms with E-state index in [0.717, 1.165) is 45.2 Å². The Morgan fingerprint density at radius 3 is 2.57 bits per heavy atom. The van der Waals surface area contributed by atoms with Crippen molar-refractivity contribution in [3.63, 3.8) is 0 Å². The molecule has 2 saturated carbocycles. The Hall–Kier alpha value is -1.52. The minimum atomic E-state index is -0.648. The van der Waals surface area contributed by atoms with Gasteiger partial charge in [0.05, 0.1) is 6.73 Å². The molecule has 2 aliphatic rings. The van der Waals surface area contributed by atoms with E-state index in [2.05, 4.69) is 28.1 Å².